The first-order chi connectivity index (χ1) is 7.81. The smallest absolute Gasteiger partial charge is 0.0431 e. The van der Waals surface area contributed by atoms with Crippen molar-refractivity contribution in [2.45, 2.75) is 31.7 Å². The number of nitrogens with one attached hydrogen (secondary N) is 1. The van der Waals surface area contributed by atoms with Gasteiger partial charge in [-0.25, -0.2) is 0 Å². The van der Waals surface area contributed by atoms with Gasteiger partial charge in [0.05, 0.1) is 0 Å². The maximum Gasteiger partial charge on any atom is 0.0431 e. The molecule has 0 spiro atoms. The molecule has 1 aromatic carbocycles. The maximum absolute atomic E-state index is 8.71. The predicted molar refractivity (Wildman–Crippen MR) is 69.5 cm³/mol. The fourth-order valence-corrected chi connectivity index (χ4v) is 2.72. The predicted octanol–water partition coefficient (Wildman–Crippen LogP) is 2.80. The summed E-state index contributed by atoms with van der Waals surface area (Å²) in [6, 6.07) is 7.08. The first-order valence-corrected chi connectivity index (χ1v) is 6.73. The Morgan fingerprint density at radius 2 is 2.25 bits per heavy atom. The number of fused-ring (bicyclic) bond motifs is 1. The molecule has 1 aliphatic carbocycles. The summed E-state index contributed by atoms with van der Waals surface area (Å²) in [6.07, 6.45) is 4.32. The molecule has 0 fully saturated rings. The lowest BCUT2D eigenvalue weighted by Crippen LogP contribution is -2.20. The van der Waals surface area contributed by atoms with Crippen molar-refractivity contribution in [1.29, 1.82) is 0 Å². The van der Waals surface area contributed by atoms with E-state index in [1.807, 2.05) is 0 Å². The second-order valence-electron chi connectivity index (χ2n) is 4.32. The lowest BCUT2D eigenvalue weighted by molar-refractivity contribution is 0.282. The van der Waals surface area contributed by atoms with E-state index in [1.165, 1.54) is 28.4 Å². The molecule has 2 N–H and O–H groups in total. The van der Waals surface area contributed by atoms with Crippen molar-refractivity contribution < 1.29 is 5.11 Å². The van der Waals surface area contributed by atoms with Gasteiger partial charge in [-0.05, 0) is 55.5 Å². The second-order valence-corrected chi connectivity index (χ2v) is 5.23. The Morgan fingerprint density at radius 3 is 3.06 bits per heavy atom. The van der Waals surface area contributed by atoms with Crippen LogP contribution < -0.4 is 5.32 Å². The van der Waals surface area contributed by atoms with Crippen LogP contribution in [0, 0.1) is 0 Å². The van der Waals surface area contributed by atoms with E-state index in [4.69, 9.17) is 5.11 Å². The van der Waals surface area contributed by atoms with Crippen LogP contribution in [0.5, 0.6) is 0 Å². The van der Waals surface area contributed by atoms with Crippen LogP contribution in [0.25, 0.3) is 0 Å². The van der Waals surface area contributed by atoms with Gasteiger partial charge >= 0.3 is 0 Å². The Kier molecular flexibility index (Phi) is 4.38. The van der Waals surface area contributed by atoms with Crippen LogP contribution in [0.3, 0.4) is 0 Å². The van der Waals surface area contributed by atoms with Crippen LogP contribution in [0.15, 0.2) is 22.7 Å². The van der Waals surface area contributed by atoms with Gasteiger partial charge < -0.3 is 10.4 Å². The molecule has 88 valence electrons. The van der Waals surface area contributed by atoms with Crippen LogP contribution in [0.4, 0.5) is 0 Å². The summed E-state index contributed by atoms with van der Waals surface area (Å²) in [7, 11) is 0. The van der Waals surface area contributed by atoms with Crippen molar-refractivity contribution in [3.8, 4) is 0 Å². The molecule has 0 heterocycles. The normalized spacial score (nSPS) is 18.8. The molecule has 2 nitrogen and oxygen atoms in total. The molecule has 3 heteroatoms. The van der Waals surface area contributed by atoms with Gasteiger partial charge in [0.25, 0.3) is 0 Å². The van der Waals surface area contributed by atoms with E-state index in [-0.39, 0.29) is 0 Å². The summed E-state index contributed by atoms with van der Waals surface area (Å²) in [5.74, 6) is 0. The third-order valence-electron chi connectivity index (χ3n) is 3.16. The molecule has 16 heavy (non-hydrogen) atoms. The Bertz CT molecular complexity index is 354. The molecular weight excluding hydrogens is 266 g/mol. The molecule has 0 aliphatic heterocycles. The van der Waals surface area contributed by atoms with Gasteiger partial charge in [-0.15, -0.1) is 0 Å². The Morgan fingerprint density at radius 1 is 1.38 bits per heavy atom. The highest BCUT2D eigenvalue weighted by Gasteiger charge is 2.21. The molecule has 2 rings (SSSR count). The van der Waals surface area contributed by atoms with Crippen LogP contribution in [0.2, 0.25) is 0 Å². The average Bonchev–Trinajstić information content (AvgIpc) is 2.67. The van der Waals surface area contributed by atoms with E-state index in [1.54, 1.807) is 0 Å². The summed E-state index contributed by atoms with van der Waals surface area (Å²) in [6.45, 7) is 1.30. The van der Waals surface area contributed by atoms with Crippen molar-refractivity contribution in [1.82, 2.24) is 5.32 Å². The molecule has 0 radical (unpaired) electrons. The zero-order valence-electron chi connectivity index (χ0n) is 9.38. The van der Waals surface area contributed by atoms with Crippen LogP contribution in [0.1, 0.15) is 36.4 Å². The number of aryl methyl sites for hydroxylation is 1. The third kappa shape index (κ3) is 2.84. The molecule has 0 aromatic heterocycles. The third-order valence-corrected chi connectivity index (χ3v) is 3.65. The molecule has 1 unspecified atom stereocenters. The van der Waals surface area contributed by atoms with Gasteiger partial charge in [-0.2, -0.15) is 0 Å². The number of rotatable bonds is 5. The number of hydrogen-bond donors (Lipinski definition) is 2. The second kappa shape index (κ2) is 5.80. The quantitative estimate of drug-likeness (QED) is 0.815. The highest BCUT2D eigenvalue weighted by atomic mass is 79.9. The van der Waals surface area contributed by atoms with E-state index in [0.717, 1.165) is 19.4 Å². The molecule has 0 saturated heterocycles. The first kappa shape index (κ1) is 12.1. The van der Waals surface area contributed by atoms with Crippen molar-refractivity contribution in [2.75, 3.05) is 13.2 Å². The van der Waals surface area contributed by atoms with Crippen molar-refractivity contribution >= 4 is 15.9 Å². The lowest BCUT2D eigenvalue weighted by Gasteiger charge is -2.13. The number of aliphatic hydroxyl groups excluding tert-OH is 1. The molecule has 0 bridgehead atoms. The van der Waals surface area contributed by atoms with Crippen molar-refractivity contribution in [2.24, 2.45) is 0 Å². The van der Waals surface area contributed by atoms with Gasteiger partial charge in [-0.3, -0.25) is 0 Å². The highest BCUT2D eigenvalue weighted by molar-refractivity contribution is 9.10. The summed E-state index contributed by atoms with van der Waals surface area (Å²) in [5, 5.41) is 12.3. The standard InChI is InChI=1S/C13H18BrNO/c14-11-4-5-12-10(9-11)3-6-13(12)15-7-1-2-8-16/h4-5,9,13,15-16H,1-3,6-8H2. The zero-order chi connectivity index (χ0) is 11.4. The fraction of sp³-hybridized carbons (Fsp3) is 0.538. The Balaban J connectivity index is 1.91. The first-order valence-electron chi connectivity index (χ1n) is 5.94. The van der Waals surface area contributed by atoms with Gasteiger partial charge in [0.2, 0.25) is 0 Å². The average molecular weight is 284 g/mol. The minimum atomic E-state index is 0.301. The van der Waals surface area contributed by atoms with E-state index >= 15 is 0 Å². The van der Waals surface area contributed by atoms with Gasteiger partial charge in [0, 0.05) is 17.1 Å². The monoisotopic (exact) mass is 283 g/mol. The Hall–Kier alpha value is -0.380. The SMILES string of the molecule is OCCCCNC1CCc2cc(Br)ccc21. The van der Waals surface area contributed by atoms with Crippen LogP contribution in [-0.2, 0) is 6.42 Å². The number of benzene rings is 1. The van der Waals surface area contributed by atoms with Crippen molar-refractivity contribution in [3.05, 3.63) is 33.8 Å². The molecular formula is C13H18BrNO. The summed E-state index contributed by atoms with van der Waals surface area (Å²) in [4.78, 5) is 0. The van der Waals surface area contributed by atoms with Crippen molar-refractivity contribution in [3.63, 3.8) is 0 Å². The van der Waals surface area contributed by atoms with E-state index in [9.17, 15) is 0 Å². The minimum Gasteiger partial charge on any atom is -0.396 e. The molecule has 1 atom stereocenters. The number of unbranched alkanes of at least 4 members (excludes halogenated alkanes) is 1. The molecule has 0 saturated carbocycles. The number of aliphatic hydroxyl groups is 1. The topological polar surface area (TPSA) is 32.3 Å². The van der Waals surface area contributed by atoms with Gasteiger partial charge in [-0.1, -0.05) is 22.0 Å². The molecule has 1 aliphatic rings. The summed E-state index contributed by atoms with van der Waals surface area (Å²) in [5.41, 5.74) is 2.92. The highest BCUT2D eigenvalue weighted by Crippen LogP contribution is 2.32. The van der Waals surface area contributed by atoms with Gasteiger partial charge in [0.1, 0.15) is 0 Å². The number of hydrogen-bond acceptors (Lipinski definition) is 2. The largest absolute Gasteiger partial charge is 0.396 e. The van der Waals surface area contributed by atoms with Gasteiger partial charge in [0.15, 0.2) is 0 Å². The number of halogens is 1. The Labute approximate surface area is 105 Å². The fourth-order valence-electron chi connectivity index (χ4n) is 2.31. The van der Waals surface area contributed by atoms with E-state index < -0.39 is 0 Å². The summed E-state index contributed by atoms with van der Waals surface area (Å²) < 4.78 is 1.17. The minimum absolute atomic E-state index is 0.301. The van der Waals surface area contributed by atoms with Crippen LogP contribution >= 0.6 is 15.9 Å². The zero-order valence-corrected chi connectivity index (χ0v) is 11.0. The molecule has 1 aromatic rings. The maximum atomic E-state index is 8.71. The molecule has 0 amide bonds. The lowest BCUT2D eigenvalue weighted by atomic mass is 10.1. The van der Waals surface area contributed by atoms with Crippen LogP contribution in [-0.4, -0.2) is 18.3 Å². The van der Waals surface area contributed by atoms with E-state index in [0.29, 0.717) is 12.6 Å². The van der Waals surface area contributed by atoms with E-state index in [2.05, 4.69) is 39.4 Å². The summed E-state index contributed by atoms with van der Waals surface area (Å²) >= 11 is 3.51.